The summed E-state index contributed by atoms with van der Waals surface area (Å²) in [6.07, 6.45) is 2.52. The smallest absolute Gasteiger partial charge is 0.308 e. The predicted molar refractivity (Wildman–Crippen MR) is 90.1 cm³/mol. The van der Waals surface area contributed by atoms with Gasteiger partial charge in [0.05, 0.1) is 5.92 Å². The number of carboxylic acids is 1. The minimum atomic E-state index is -0.813. The first kappa shape index (κ1) is 18.7. The van der Waals surface area contributed by atoms with Crippen molar-refractivity contribution < 1.29 is 19.5 Å². The summed E-state index contributed by atoms with van der Waals surface area (Å²) in [4.78, 5) is 38.1. The van der Waals surface area contributed by atoms with Crippen molar-refractivity contribution in [3.63, 3.8) is 0 Å². The van der Waals surface area contributed by atoms with Gasteiger partial charge >= 0.3 is 5.97 Å². The van der Waals surface area contributed by atoms with E-state index < -0.39 is 17.9 Å². The maximum absolute atomic E-state index is 12.9. The van der Waals surface area contributed by atoms with E-state index in [9.17, 15) is 19.5 Å². The van der Waals surface area contributed by atoms with Crippen LogP contribution in [0.2, 0.25) is 0 Å². The maximum Gasteiger partial charge on any atom is 0.308 e. The zero-order valence-electron chi connectivity index (χ0n) is 15.1. The number of carbonyl (C=O) groups excluding carboxylic acids is 2. The Bertz CT molecular complexity index is 499. The molecule has 0 aromatic carbocycles. The van der Waals surface area contributed by atoms with E-state index in [2.05, 4.69) is 5.32 Å². The fraction of sp³-hybridized carbons (Fsp3) is 0.833. The number of rotatable bonds is 7. The molecular weight excluding hydrogens is 308 g/mol. The molecule has 1 aliphatic carbocycles. The minimum absolute atomic E-state index is 0.0307. The molecule has 3 atom stereocenters. The Morgan fingerprint density at radius 3 is 2.21 bits per heavy atom. The van der Waals surface area contributed by atoms with Crippen LogP contribution in [0.3, 0.4) is 0 Å². The number of carboxylic acid groups (broad SMARTS) is 1. The van der Waals surface area contributed by atoms with Gasteiger partial charge in [0.2, 0.25) is 11.8 Å². The molecule has 0 bridgehead atoms. The van der Waals surface area contributed by atoms with E-state index >= 15 is 0 Å². The zero-order chi connectivity index (χ0) is 18.0. The lowest BCUT2D eigenvalue weighted by molar-refractivity contribution is -0.143. The summed E-state index contributed by atoms with van der Waals surface area (Å²) in [5, 5.41) is 12.3. The van der Waals surface area contributed by atoms with Gasteiger partial charge in [0.1, 0.15) is 6.04 Å². The molecule has 6 heteroatoms. The molecule has 24 heavy (non-hydrogen) atoms. The Hall–Kier alpha value is -1.59. The highest BCUT2D eigenvalue weighted by atomic mass is 16.4. The second-order valence-corrected chi connectivity index (χ2v) is 8.08. The Kier molecular flexibility index (Phi) is 5.88. The van der Waals surface area contributed by atoms with Crippen molar-refractivity contribution in [2.45, 2.75) is 53.0 Å². The zero-order valence-corrected chi connectivity index (χ0v) is 15.1. The second-order valence-electron chi connectivity index (χ2n) is 8.08. The molecule has 2 aliphatic rings. The molecule has 1 unspecified atom stereocenters. The highest BCUT2D eigenvalue weighted by molar-refractivity contribution is 5.88. The summed E-state index contributed by atoms with van der Waals surface area (Å²) >= 11 is 0. The van der Waals surface area contributed by atoms with Gasteiger partial charge in [-0.25, -0.2) is 0 Å². The Morgan fingerprint density at radius 1 is 1.12 bits per heavy atom. The average Bonchev–Trinajstić information content (AvgIpc) is 3.21. The average molecular weight is 338 g/mol. The van der Waals surface area contributed by atoms with E-state index in [-0.39, 0.29) is 36.1 Å². The topological polar surface area (TPSA) is 86.7 Å². The first-order valence-electron chi connectivity index (χ1n) is 9.01. The number of likely N-dealkylation sites (tertiary alicyclic amines) is 1. The summed E-state index contributed by atoms with van der Waals surface area (Å²) in [6, 6.07) is -0.580. The van der Waals surface area contributed by atoms with Gasteiger partial charge in [-0.3, -0.25) is 14.4 Å². The summed E-state index contributed by atoms with van der Waals surface area (Å²) in [7, 11) is 0. The molecule has 2 rings (SSSR count). The molecule has 0 aromatic rings. The van der Waals surface area contributed by atoms with Gasteiger partial charge < -0.3 is 15.3 Å². The number of hydrogen-bond acceptors (Lipinski definition) is 3. The standard InChI is InChI=1S/C18H30N2O4/c1-10(2)7-15(21)19-16(11(3)4)17(22)20-8-13(12-5-6-12)14(9-20)18(23)24/h10-14,16H,5-9H2,1-4H3,(H,19,21)(H,23,24)/t13-,14+,16?/m1/s1. The van der Waals surface area contributed by atoms with E-state index in [0.717, 1.165) is 12.8 Å². The molecule has 2 N–H and O–H groups in total. The van der Waals surface area contributed by atoms with Gasteiger partial charge in [-0.15, -0.1) is 0 Å². The number of nitrogens with one attached hydrogen (secondary N) is 1. The molecule has 2 fully saturated rings. The van der Waals surface area contributed by atoms with Crippen LogP contribution in [0, 0.1) is 29.6 Å². The van der Waals surface area contributed by atoms with Crippen molar-refractivity contribution >= 4 is 17.8 Å². The summed E-state index contributed by atoms with van der Waals surface area (Å²) in [5.41, 5.74) is 0. The van der Waals surface area contributed by atoms with Crippen LogP contribution in [0.5, 0.6) is 0 Å². The van der Waals surface area contributed by atoms with Crippen LogP contribution in [0.4, 0.5) is 0 Å². The van der Waals surface area contributed by atoms with Crippen LogP contribution in [0.1, 0.15) is 47.0 Å². The van der Waals surface area contributed by atoms with E-state index in [1.807, 2.05) is 27.7 Å². The molecule has 136 valence electrons. The largest absolute Gasteiger partial charge is 0.481 e. The van der Waals surface area contributed by atoms with Crippen LogP contribution in [0.15, 0.2) is 0 Å². The lowest BCUT2D eigenvalue weighted by Gasteiger charge is -2.27. The monoisotopic (exact) mass is 338 g/mol. The number of hydrogen-bond donors (Lipinski definition) is 2. The van der Waals surface area contributed by atoms with Gasteiger partial charge in [-0.1, -0.05) is 27.7 Å². The fourth-order valence-corrected chi connectivity index (χ4v) is 3.59. The second kappa shape index (κ2) is 7.53. The fourth-order valence-electron chi connectivity index (χ4n) is 3.59. The van der Waals surface area contributed by atoms with E-state index in [4.69, 9.17) is 0 Å². The summed E-state index contributed by atoms with van der Waals surface area (Å²) in [6.45, 7) is 8.50. The molecule has 1 aliphatic heterocycles. The van der Waals surface area contributed by atoms with Crippen LogP contribution < -0.4 is 5.32 Å². The van der Waals surface area contributed by atoms with E-state index in [1.54, 1.807) is 4.90 Å². The van der Waals surface area contributed by atoms with Crippen LogP contribution in [0.25, 0.3) is 0 Å². The van der Waals surface area contributed by atoms with Crippen molar-refractivity contribution in [3.8, 4) is 0 Å². The molecule has 0 aromatic heterocycles. The Morgan fingerprint density at radius 2 is 1.75 bits per heavy atom. The minimum Gasteiger partial charge on any atom is -0.481 e. The normalized spacial score (nSPS) is 25.2. The maximum atomic E-state index is 12.9. The molecular formula is C18H30N2O4. The highest BCUT2D eigenvalue weighted by Gasteiger charge is 2.47. The SMILES string of the molecule is CC(C)CC(=O)NC(C(=O)N1C[C@H](C(=O)O)[C@@H](C2CC2)C1)C(C)C. The quantitative estimate of drug-likeness (QED) is 0.740. The highest BCUT2D eigenvalue weighted by Crippen LogP contribution is 2.44. The van der Waals surface area contributed by atoms with Gasteiger partial charge in [-0.05, 0) is 36.5 Å². The predicted octanol–water partition coefficient (Wildman–Crippen LogP) is 1.74. The molecule has 1 saturated heterocycles. The van der Waals surface area contributed by atoms with Crippen molar-refractivity contribution in [1.82, 2.24) is 10.2 Å². The van der Waals surface area contributed by atoms with Gasteiger partial charge in [-0.2, -0.15) is 0 Å². The first-order chi connectivity index (χ1) is 11.2. The molecule has 0 spiro atoms. The number of nitrogens with zero attached hydrogens (tertiary/aromatic N) is 1. The third kappa shape index (κ3) is 4.48. The Balaban J connectivity index is 2.04. The lowest BCUT2D eigenvalue weighted by Crippen LogP contribution is -2.51. The summed E-state index contributed by atoms with van der Waals surface area (Å²) in [5.74, 6) is -0.844. The number of aliphatic carboxylic acids is 1. The molecule has 2 amide bonds. The van der Waals surface area contributed by atoms with Gasteiger partial charge in [0, 0.05) is 19.5 Å². The van der Waals surface area contributed by atoms with Crippen molar-refractivity contribution in [2.24, 2.45) is 29.6 Å². The van der Waals surface area contributed by atoms with Gasteiger partial charge in [0.15, 0.2) is 0 Å². The van der Waals surface area contributed by atoms with Crippen molar-refractivity contribution in [1.29, 1.82) is 0 Å². The molecule has 1 saturated carbocycles. The van der Waals surface area contributed by atoms with Crippen molar-refractivity contribution in [3.05, 3.63) is 0 Å². The lowest BCUT2D eigenvalue weighted by atomic mass is 9.92. The van der Waals surface area contributed by atoms with Gasteiger partial charge in [0.25, 0.3) is 0 Å². The molecule has 1 heterocycles. The summed E-state index contributed by atoms with van der Waals surface area (Å²) < 4.78 is 0. The third-order valence-electron chi connectivity index (χ3n) is 5.06. The van der Waals surface area contributed by atoms with Crippen LogP contribution >= 0.6 is 0 Å². The number of carbonyl (C=O) groups is 3. The van der Waals surface area contributed by atoms with Crippen LogP contribution in [-0.4, -0.2) is 46.9 Å². The number of amides is 2. The van der Waals surface area contributed by atoms with Crippen molar-refractivity contribution in [2.75, 3.05) is 13.1 Å². The molecule has 0 radical (unpaired) electrons. The Labute approximate surface area is 144 Å². The van der Waals surface area contributed by atoms with E-state index in [1.165, 1.54) is 0 Å². The first-order valence-corrected chi connectivity index (χ1v) is 9.01. The van der Waals surface area contributed by atoms with E-state index in [0.29, 0.717) is 18.9 Å². The third-order valence-corrected chi connectivity index (χ3v) is 5.06. The van der Waals surface area contributed by atoms with Crippen LogP contribution in [-0.2, 0) is 14.4 Å². The molecule has 6 nitrogen and oxygen atoms in total.